The molecule has 0 radical (unpaired) electrons. The van der Waals surface area contributed by atoms with Crippen LogP contribution in [0.25, 0.3) is 0 Å². The topological polar surface area (TPSA) is 28.4 Å². The Kier molecular flexibility index (Phi) is 3.50. The predicted molar refractivity (Wildman–Crippen MR) is 74.0 cm³/mol. The minimum atomic E-state index is 0.280. The number of piperazine rings is 1. The monoisotopic (exact) mass is 262 g/mol. The molecule has 2 aromatic rings. The zero-order valence-corrected chi connectivity index (χ0v) is 11.4. The smallest absolute Gasteiger partial charge is 0.126 e. The van der Waals surface area contributed by atoms with Crippen molar-refractivity contribution in [3.05, 3.63) is 46.0 Å². The van der Waals surface area contributed by atoms with Crippen molar-refractivity contribution in [3.63, 3.8) is 0 Å². The summed E-state index contributed by atoms with van der Waals surface area (Å²) in [5.41, 5.74) is 1.36. The van der Waals surface area contributed by atoms with Gasteiger partial charge in [0.15, 0.2) is 0 Å². The van der Waals surface area contributed by atoms with E-state index in [0.29, 0.717) is 0 Å². The molecule has 1 fully saturated rings. The molecule has 1 atom stereocenters. The molecule has 1 aliphatic heterocycles. The fourth-order valence-electron chi connectivity index (χ4n) is 2.53. The van der Waals surface area contributed by atoms with Gasteiger partial charge in [0.1, 0.15) is 11.8 Å². The van der Waals surface area contributed by atoms with Gasteiger partial charge in [0.25, 0.3) is 0 Å². The van der Waals surface area contributed by atoms with E-state index in [4.69, 9.17) is 4.42 Å². The van der Waals surface area contributed by atoms with Crippen LogP contribution in [-0.4, -0.2) is 31.1 Å². The molecule has 3 heterocycles. The fourth-order valence-corrected chi connectivity index (χ4v) is 3.59. The highest BCUT2D eigenvalue weighted by molar-refractivity contribution is 7.10. The lowest BCUT2D eigenvalue weighted by Gasteiger charge is -2.33. The van der Waals surface area contributed by atoms with Crippen molar-refractivity contribution < 1.29 is 4.42 Å². The highest BCUT2D eigenvalue weighted by Crippen LogP contribution is 2.34. The first-order valence-electron chi connectivity index (χ1n) is 6.38. The third-order valence-electron chi connectivity index (χ3n) is 3.48. The SMILES string of the molecule is Cc1ccsc1C(c1ccco1)N1CCNCC1. The molecule has 1 unspecified atom stereocenters. The van der Waals surface area contributed by atoms with Crippen molar-refractivity contribution in [2.45, 2.75) is 13.0 Å². The van der Waals surface area contributed by atoms with Gasteiger partial charge in [-0.15, -0.1) is 11.3 Å². The maximum absolute atomic E-state index is 5.67. The molecule has 0 bridgehead atoms. The van der Waals surface area contributed by atoms with Gasteiger partial charge in [-0.2, -0.15) is 0 Å². The zero-order chi connectivity index (χ0) is 12.4. The first kappa shape index (κ1) is 12.0. The summed E-state index contributed by atoms with van der Waals surface area (Å²) in [5.74, 6) is 1.06. The molecule has 0 saturated carbocycles. The predicted octanol–water partition coefficient (Wildman–Crippen LogP) is 2.64. The number of nitrogens with one attached hydrogen (secondary N) is 1. The number of rotatable bonds is 3. The Bertz CT molecular complexity index is 486. The molecule has 3 nitrogen and oxygen atoms in total. The van der Waals surface area contributed by atoms with Crippen LogP contribution < -0.4 is 5.32 Å². The van der Waals surface area contributed by atoms with Crippen LogP contribution in [0.5, 0.6) is 0 Å². The minimum absolute atomic E-state index is 0.280. The van der Waals surface area contributed by atoms with E-state index < -0.39 is 0 Å². The lowest BCUT2D eigenvalue weighted by atomic mass is 10.1. The van der Waals surface area contributed by atoms with Crippen molar-refractivity contribution in [2.24, 2.45) is 0 Å². The van der Waals surface area contributed by atoms with Gasteiger partial charge in [0.05, 0.1) is 6.26 Å². The summed E-state index contributed by atoms with van der Waals surface area (Å²) in [5, 5.41) is 5.58. The lowest BCUT2D eigenvalue weighted by molar-refractivity contribution is 0.182. The maximum Gasteiger partial charge on any atom is 0.126 e. The number of aryl methyl sites for hydroxylation is 1. The van der Waals surface area contributed by atoms with Gasteiger partial charge in [0, 0.05) is 31.1 Å². The standard InChI is InChI=1S/C14H18N2OS/c1-11-4-10-18-14(11)13(12-3-2-9-17-12)16-7-5-15-6-8-16/h2-4,9-10,13,15H,5-8H2,1H3. The molecule has 1 N–H and O–H groups in total. The number of hydrogen-bond acceptors (Lipinski definition) is 4. The molecule has 2 aromatic heterocycles. The normalized spacial score (nSPS) is 18.9. The number of hydrogen-bond donors (Lipinski definition) is 1. The van der Waals surface area contributed by atoms with Crippen LogP contribution in [-0.2, 0) is 0 Å². The van der Waals surface area contributed by atoms with E-state index in [-0.39, 0.29) is 6.04 Å². The zero-order valence-electron chi connectivity index (χ0n) is 10.6. The first-order valence-corrected chi connectivity index (χ1v) is 7.26. The van der Waals surface area contributed by atoms with Crippen molar-refractivity contribution in [3.8, 4) is 0 Å². The van der Waals surface area contributed by atoms with Crippen molar-refractivity contribution in [1.29, 1.82) is 0 Å². The second-order valence-electron chi connectivity index (χ2n) is 4.67. The van der Waals surface area contributed by atoms with Crippen LogP contribution in [0.2, 0.25) is 0 Å². The Morgan fingerprint density at radius 2 is 2.17 bits per heavy atom. The largest absolute Gasteiger partial charge is 0.467 e. The molecule has 1 saturated heterocycles. The Balaban J connectivity index is 1.96. The molecule has 18 heavy (non-hydrogen) atoms. The number of nitrogens with zero attached hydrogens (tertiary/aromatic N) is 1. The minimum Gasteiger partial charge on any atom is -0.467 e. The van der Waals surface area contributed by atoms with E-state index in [1.807, 2.05) is 17.4 Å². The molecular weight excluding hydrogens is 244 g/mol. The van der Waals surface area contributed by atoms with Gasteiger partial charge in [-0.25, -0.2) is 0 Å². The summed E-state index contributed by atoms with van der Waals surface area (Å²) in [6, 6.07) is 6.54. The molecule has 0 spiro atoms. The fraction of sp³-hybridized carbons (Fsp3) is 0.429. The van der Waals surface area contributed by atoms with Gasteiger partial charge >= 0.3 is 0 Å². The Morgan fingerprint density at radius 3 is 2.78 bits per heavy atom. The summed E-state index contributed by atoms with van der Waals surface area (Å²) >= 11 is 1.83. The molecule has 96 valence electrons. The second kappa shape index (κ2) is 5.26. The van der Waals surface area contributed by atoms with Crippen LogP contribution in [0, 0.1) is 6.92 Å². The van der Waals surface area contributed by atoms with Gasteiger partial charge in [-0.05, 0) is 36.1 Å². The Morgan fingerprint density at radius 1 is 1.33 bits per heavy atom. The van der Waals surface area contributed by atoms with Gasteiger partial charge < -0.3 is 9.73 Å². The molecule has 3 rings (SSSR count). The average Bonchev–Trinajstić information content (AvgIpc) is 3.05. The van der Waals surface area contributed by atoms with E-state index in [0.717, 1.165) is 31.9 Å². The Hall–Kier alpha value is -1.10. The van der Waals surface area contributed by atoms with Crippen molar-refractivity contribution in [2.75, 3.05) is 26.2 Å². The molecule has 0 aromatic carbocycles. The summed E-state index contributed by atoms with van der Waals surface area (Å²) in [6.07, 6.45) is 1.77. The molecular formula is C14H18N2OS. The van der Waals surface area contributed by atoms with E-state index in [1.54, 1.807) is 6.26 Å². The van der Waals surface area contributed by atoms with E-state index in [1.165, 1.54) is 10.4 Å². The van der Waals surface area contributed by atoms with Crippen LogP contribution in [0.15, 0.2) is 34.3 Å². The van der Waals surface area contributed by atoms with Crippen molar-refractivity contribution in [1.82, 2.24) is 10.2 Å². The van der Waals surface area contributed by atoms with Crippen molar-refractivity contribution >= 4 is 11.3 Å². The molecule has 0 amide bonds. The maximum atomic E-state index is 5.67. The number of thiophene rings is 1. The van der Waals surface area contributed by atoms with Crippen LogP contribution in [0.4, 0.5) is 0 Å². The van der Waals surface area contributed by atoms with Crippen LogP contribution in [0.1, 0.15) is 22.2 Å². The summed E-state index contributed by atoms with van der Waals surface area (Å²) in [6.45, 7) is 6.44. The van der Waals surface area contributed by atoms with Gasteiger partial charge in [-0.3, -0.25) is 4.90 Å². The number of furan rings is 1. The lowest BCUT2D eigenvalue weighted by Crippen LogP contribution is -2.45. The van der Waals surface area contributed by atoms with Gasteiger partial charge in [0.2, 0.25) is 0 Å². The summed E-state index contributed by atoms with van der Waals surface area (Å²) < 4.78 is 5.67. The highest BCUT2D eigenvalue weighted by atomic mass is 32.1. The highest BCUT2D eigenvalue weighted by Gasteiger charge is 2.27. The van der Waals surface area contributed by atoms with E-state index in [2.05, 4.69) is 34.7 Å². The Labute approximate surface area is 111 Å². The summed E-state index contributed by atoms with van der Waals surface area (Å²) in [7, 11) is 0. The van der Waals surface area contributed by atoms with Crippen LogP contribution >= 0.6 is 11.3 Å². The van der Waals surface area contributed by atoms with Gasteiger partial charge in [-0.1, -0.05) is 0 Å². The van der Waals surface area contributed by atoms with E-state index in [9.17, 15) is 0 Å². The first-order chi connectivity index (χ1) is 8.86. The second-order valence-corrected chi connectivity index (χ2v) is 5.62. The quantitative estimate of drug-likeness (QED) is 0.922. The summed E-state index contributed by atoms with van der Waals surface area (Å²) in [4.78, 5) is 3.92. The third-order valence-corrected chi connectivity index (χ3v) is 4.55. The van der Waals surface area contributed by atoms with Crippen LogP contribution in [0.3, 0.4) is 0 Å². The molecule has 4 heteroatoms. The van der Waals surface area contributed by atoms with E-state index >= 15 is 0 Å². The molecule has 1 aliphatic rings. The molecule has 0 aliphatic carbocycles. The average molecular weight is 262 g/mol. The third kappa shape index (κ3) is 2.23.